The van der Waals surface area contributed by atoms with Crippen molar-refractivity contribution >= 4 is 11.9 Å². The third kappa shape index (κ3) is 3.77. The second-order valence-corrected chi connectivity index (χ2v) is 10.00. The fraction of sp³-hybridized carbons (Fsp3) is 0.481. The van der Waals surface area contributed by atoms with E-state index >= 15 is 0 Å². The average Bonchev–Trinajstić information content (AvgIpc) is 2.77. The number of esters is 1. The second-order valence-electron chi connectivity index (χ2n) is 10.00. The van der Waals surface area contributed by atoms with Crippen LogP contribution in [-0.2, 0) is 14.3 Å². The Bertz CT molecular complexity index is 865. The Morgan fingerprint density at radius 1 is 0.839 bits per heavy atom. The molecule has 4 aliphatic rings. The number of hydrogen-bond acceptors (Lipinski definition) is 3. The molecule has 2 aromatic carbocycles. The van der Waals surface area contributed by atoms with Gasteiger partial charge >= 0.3 is 5.97 Å². The van der Waals surface area contributed by atoms with Crippen LogP contribution in [0.25, 0.3) is 0 Å². The minimum Gasteiger partial charge on any atom is -0.467 e. The van der Waals surface area contributed by atoms with E-state index in [0.717, 1.165) is 30.4 Å². The van der Waals surface area contributed by atoms with Crippen molar-refractivity contribution in [3.8, 4) is 0 Å². The molecule has 4 nitrogen and oxygen atoms in total. The van der Waals surface area contributed by atoms with Crippen molar-refractivity contribution in [1.29, 1.82) is 0 Å². The lowest BCUT2D eigenvalue weighted by molar-refractivity contribution is -0.157. The van der Waals surface area contributed by atoms with Gasteiger partial charge in [0.2, 0.25) is 5.91 Å². The Hall–Kier alpha value is -2.62. The number of carbonyl (C=O) groups excluding carboxylic acids is 2. The van der Waals surface area contributed by atoms with Crippen molar-refractivity contribution in [1.82, 2.24) is 5.32 Å². The average molecular weight is 418 g/mol. The first-order chi connectivity index (χ1) is 15.1. The first-order valence-corrected chi connectivity index (χ1v) is 11.6. The Labute approximate surface area is 184 Å². The molecule has 162 valence electrons. The van der Waals surface area contributed by atoms with E-state index in [2.05, 4.69) is 5.32 Å². The van der Waals surface area contributed by atoms with Crippen LogP contribution in [-0.4, -0.2) is 25.0 Å². The molecule has 1 N–H and O–H groups in total. The normalized spacial score (nSPS) is 29.5. The zero-order chi connectivity index (χ0) is 21.4. The van der Waals surface area contributed by atoms with Gasteiger partial charge in [-0.15, -0.1) is 0 Å². The third-order valence-electron chi connectivity index (χ3n) is 7.95. The molecule has 31 heavy (non-hydrogen) atoms. The molecule has 2 aromatic rings. The number of amides is 1. The van der Waals surface area contributed by atoms with Crippen molar-refractivity contribution < 1.29 is 14.3 Å². The minimum absolute atomic E-state index is 0.122. The number of methoxy groups -OCH3 is 1. The highest BCUT2D eigenvalue weighted by atomic mass is 16.5. The van der Waals surface area contributed by atoms with Gasteiger partial charge < -0.3 is 10.1 Å². The lowest BCUT2D eigenvalue weighted by atomic mass is 9.47. The topological polar surface area (TPSA) is 55.4 Å². The smallest absolute Gasteiger partial charge is 0.328 e. The van der Waals surface area contributed by atoms with Crippen molar-refractivity contribution in [2.45, 2.75) is 50.5 Å². The molecule has 0 aliphatic heterocycles. The first kappa shape index (κ1) is 20.3. The van der Waals surface area contributed by atoms with Crippen LogP contribution in [0.5, 0.6) is 0 Å². The summed E-state index contributed by atoms with van der Waals surface area (Å²) in [5, 5.41) is 3.21. The molecule has 0 heterocycles. The molecule has 1 atom stereocenters. The molecule has 0 aromatic heterocycles. The van der Waals surface area contributed by atoms with Gasteiger partial charge in [0, 0.05) is 5.41 Å². The van der Waals surface area contributed by atoms with E-state index < -0.39 is 12.0 Å². The third-order valence-corrected chi connectivity index (χ3v) is 7.95. The molecule has 0 radical (unpaired) electrons. The van der Waals surface area contributed by atoms with E-state index in [0.29, 0.717) is 17.8 Å². The van der Waals surface area contributed by atoms with Gasteiger partial charge in [-0.3, -0.25) is 4.79 Å². The summed E-state index contributed by atoms with van der Waals surface area (Å²) >= 11 is 0. The maximum Gasteiger partial charge on any atom is 0.328 e. The SMILES string of the molecule is COC(=O)C(NC(=O)C(c1ccccc1)c1ccccc1)C12CC3CC(CC(C3)C1)C2. The molecular weight excluding hydrogens is 386 g/mol. The van der Waals surface area contributed by atoms with E-state index in [-0.39, 0.29) is 17.3 Å². The number of ether oxygens (including phenoxy) is 1. The van der Waals surface area contributed by atoms with E-state index in [4.69, 9.17) is 4.74 Å². The second kappa shape index (κ2) is 8.14. The van der Waals surface area contributed by atoms with E-state index in [1.165, 1.54) is 26.4 Å². The summed E-state index contributed by atoms with van der Waals surface area (Å²) in [6.45, 7) is 0. The number of rotatable bonds is 6. The van der Waals surface area contributed by atoms with E-state index in [1.807, 2.05) is 60.7 Å². The highest BCUT2D eigenvalue weighted by Crippen LogP contribution is 2.61. The molecule has 0 spiro atoms. The van der Waals surface area contributed by atoms with Gasteiger partial charge in [0.1, 0.15) is 6.04 Å². The van der Waals surface area contributed by atoms with Gasteiger partial charge in [-0.25, -0.2) is 4.79 Å². The predicted octanol–water partition coefficient (Wildman–Crippen LogP) is 4.69. The van der Waals surface area contributed by atoms with Crippen LogP contribution in [0.15, 0.2) is 60.7 Å². The molecule has 0 saturated heterocycles. The Kier molecular flexibility index (Phi) is 5.33. The summed E-state index contributed by atoms with van der Waals surface area (Å²) in [6.07, 6.45) is 6.95. The first-order valence-electron chi connectivity index (χ1n) is 11.6. The summed E-state index contributed by atoms with van der Waals surface area (Å²) in [5.74, 6) is 1.19. The molecule has 4 fully saturated rings. The van der Waals surface area contributed by atoms with E-state index in [1.54, 1.807) is 0 Å². The van der Waals surface area contributed by atoms with Crippen LogP contribution in [0.3, 0.4) is 0 Å². The number of nitrogens with one attached hydrogen (secondary N) is 1. The van der Waals surface area contributed by atoms with Crippen molar-refractivity contribution in [2.24, 2.45) is 23.2 Å². The Morgan fingerprint density at radius 2 is 1.29 bits per heavy atom. The van der Waals surface area contributed by atoms with Gasteiger partial charge in [-0.05, 0) is 67.4 Å². The zero-order valence-electron chi connectivity index (χ0n) is 18.1. The fourth-order valence-electron chi connectivity index (χ4n) is 7.12. The lowest BCUT2D eigenvalue weighted by Gasteiger charge is -2.58. The maximum absolute atomic E-state index is 13.7. The molecule has 4 bridgehead atoms. The number of hydrogen-bond donors (Lipinski definition) is 1. The lowest BCUT2D eigenvalue weighted by Crippen LogP contribution is -2.60. The molecule has 1 unspecified atom stereocenters. The summed E-state index contributed by atoms with van der Waals surface area (Å²) < 4.78 is 5.24. The van der Waals surface area contributed by atoms with Crippen molar-refractivity contribution in [3.63, 3.8) is 0 Å². The van der Waals surface area contributed by atoms with Crippen LogP contribution in [0.2, 0.25) is 0 Å². The molecule has 6 rings (SSSR count). The van der Waals surface area contributed by atoms with Gasteiger partial charge in [0.15, 0.2) is 0 Å². The fourth-order valence-corrected chi connectivity index (χ4v) is 7.12. The van der Waals surface area contributed by atoms with Gasteiger partial charge in [0.05, 0.1) is 13.0 Å². The molecular formula is C27H31NO3. The standard InChI is InChI=1S/C27H31NO3/c1-31-26(30)24(27-15-18-12-19(16-27)14-20(13-18)17-27)28-25(29)23(21-8-4-2-5-9-21)22-10-6-3-7-11-22/h2-11,18-20,23-24H,12-17H2,1H3,(H,28,29). The molecule has 4 aliphatic carbocycles. The van der Waals surface area contributed by atoms with Gasteiger partial charge in [-0.2, -0.15) is 0 Å². The number of benzene rings is 2. The van der Waals surface area contributed by atoms with Crippen LogP contribution >= 0.6 is 0 Å². The van der Waals surface area contributed by atoms with Crippen LogP contribution < -0.4 is 5.32 Å². The summed E-state index contributed by atoms with van der Waals surface area (Å²) in [7, 11) is 1.44. The summed E-state index contributed by atoms with van der Waals surface area (Å²) in [5.41, 5.74) is 1.70. The monoisotopic (exact) mass is 417 g/mol. The molecule has 1 amide bonds. The highest BCUT2D eigenvalue weighted by Gasteiger charge is 2.57. The Balaban J connectivity index is 1.47. The predicted molar refractivity (Wildman–Crippen MR) is 119 cm³/mol. The highest BCUT2D eigenvalue weighted by molar-refractivity contribution is 5.91. The summed E-state index contributed by atoms with van der Waals surface area (Å²) in [4.78, 5) is 26.8. The largest absolute Gasteiger partial charge is 0.467 e. The summed E-state index contributed by atoms with van der Waals surface area (Å²) in [6, 6.07) is 19.1. The van der Waals surface area contributed by atoms with Gasteiger partial charge in [0.25, 0.3) is 0 Å². The van der Waals surface area contributed by atoms with Gasteiger partial charge in [-0.1, -0.05) is 60.7 Å². The Morgan fingerprint density at radius 3 is 1.71 bits per heavy atom. The minimum atomic E-state index is -0.576. The van der Waals surface area contributed by atoms with E-state index in [9.17, 15) is 9.59 Å². The quantitative estimate of drug-likeness (QED) is 0.694. The van der Waals surface area contributed by atoms with Crippen molar-refractivity contribution in [3.05, 3.63) is 71.8 Å². The molecule has 4 heteroatoms. The van der Waals surface area contributed by atoms with Crippen LogP contribution in [0.1, 0.15) is 55.6 Å². The van der Waals surface area contributed by atoms with Crippen LogP contribution in [0.4, 0.5) is 0 Å². The molecule has 4 saturated carbocycles. The van der Waals surface area contributed by atoms with Crippen LogP contribution in [0, 0.1) is 23.2 Å². The number of carbonyl (C=O) groups is 2. The zero-order valence-corrected chi connectivity index (χ0v) is 18.1. The van der Waals surface area contributed by atoms with Crippen molar-refractivity contribution in [2.75, 3.05) is 7.11 Å². The maximum atomic E-state index is 13.7.